The summed E-state index contributed by atoms with van der Waals surface area (Å²) >= 11 is 1.85. The van der Waals surface area contributed by atoms with Gasteiger partial charge in [0, 0.05) is 53.9 Å². The second-order valence-corrected chi connectivity index (χ2v) is 15.1. The summed E-state index contributed by atoms with van der Waals surface area (Å²) in [6.45, 7) is 0. The Morgan fingerprint density at radius 3 is 1.93 bits per heavy atom. The number of thiophene rings is 1. The van der Waals surface area contributed by atoms with E-state index in [9.17, 15) is 0 Å². The van der Waals surface area contributed by atoms with E-state index in [1.165, 1.54) is 64.3 Å². The van der Waals surface area contributed by atoms with Crippen LogP contribution in [0.15, 0.2) is 205 Å². The quantitative estimate of drug-likeness (QED) is 0.170. The third-order valence-corrected chi connectivity index (χ3v) is 12.0. The van der Waals surface area contributed by atoms with Gasteiger partial charge >= 0.3 is 0 Å². The maximum Gasteiger partial charge on any atom is 0.137 e. The number of furan rings is 1. The number of rotatable bonds is 6. The fourth-order valence-corrected chi connectivity index (χ4v) is 9.45. The molecule has 9 aromatic carbocycles. The minimum Gasteiger partial charge on any atom is -0.456 e. The molecule has 0 fully saturated rings. The van der Waals surface area contributed by atoms with Gasteiger partial charge in [-0.2, -0.15) is 0 Å². The van der Waals surface area contributed by atoms with Crippen LogP contribution in [0.2, 0.25) is 0 Å². The molecule has 11 rings (SSSR count). The average Bonchev–Trinajstić information content (AvgIpc) is 3.82. The van der Waals surface area contributed by atoms with Crippen LogP contribution in [0.25, 0.3) is 86.3 Å². The molecule has 2 nitrogen and oxygen atoms in total. The molecule has 0 bridgehead atoms. The monoisotopic (exact) mass is 719 g/mol. The van der Waals surface area contributed by atoms with Crippen molar-refractivity contribution in [2.45, 2.75) is 0 Å². The van der Waals surface area contributed by atoms with Crippen LogP contribution in [0.4, 0.5) is 17.1 Å². The van der Waals surface area contributed by atoms with Gasteiger partial charge in [0.05, 0.1) is 5.69 Å². The zero-order chi connectivity index (χ0) is 36.3. The lowest BCUT2D eigenvalue weighted by atomic mass is 9.95. The smallest absolute Gasteiger partial charge is 0.137 e. The molecule has 0 atom stereocenters. The Morgan fingerprint density at radius 1 is 0.364 bits per heavy atom. The highest BCUT2D eigenvalue weighted by Crippen LogP contribution is 2.47. The van der Waals surface area contributed by atoms with Crippen molar-refractivity contribution < 1.29 is 4.42 Å². The Hall–Kier alpha value is -6.94. The van der Waals surface area contributed by atoms with E-state index in [4.69, 9.17) is 4.42 Å². The van der Waals surface area contributed by atoms with Gasteiger partial charge in [-0.25, -0.2) is 0 Å². The van der Waals surface area contributed by atoms with Crippen LogP contribution in [0.3, 0.4) is 0 Å². The van der Waals surface area contributed by atoms with Gasteiger partial charge in [0.2, 0.25) is 0 Å². The maximum absolute atomic E-state index is 6.45. The van der Waals surface area contributed by atoms with Crippen LogP contribution < -0.4 is 4.90 Å². The van der Waals surface area contributed by atoms with E-state index < -0.39 is 0 Å². The predicted octanol–water partition coefficient (Wildman–Crippen LogP) is 15.6. The number of hydrogen-bond donors (Lipinski definition) is 0. The first-order valence-corrected chi connectivity index (χ1v) is 19.5. The lowest BCUT2D eigenvalue weighted by Gasteiger charge is -2.28. The zero-order valence-electron chi connectivity index (χ0n) is 29.8. The van der Waals surface area contributed by atoms with E-state index in [1.807, 2.05) is 23.5 Å². The Labute approximate surface area is 322 Å². The van der Waals surface area contributed by atoms with Crippen molar-refractivity contribution in [1.29, 1.82) is 0 Å². The summed E-state index contributed by atoms with van der Waals surface area (Å²) in [6, 6.07) is 72.2. The van der Waals surface area contributed by atoms with Gasteiger partial charge in [0.1, 0.15) is 11.2 Å². The molecule has 0 aliphatic heterocycles. The first-order valence-electron chi connectivity index (χ1n) is 18.7. The minimum absolute atomic E-state index is 0.869. The largest absolute Gasteiger partial charge is 0.456 e. The molecule has 0 aliphatic rings. The van der Waals surface area contributed by atoms with Crippen molar-refractivity contribution >= 4 is 81.3 Å². The molecule has 258 valence electrons. The topological polar surface area (TPSA) is 16.4 Å². The molecule has 11 aromatic rings. The van der Waals surface area contributed by atoms with Crippen LogP contribution >= 0.6 is 11.3 Å². The Bertz CT molecular complexity index is 3220. The lowest BCUT2D eigenvalue weighted by Crippen LogP contribution is -2.11. The summed E-state index contributed by atoms with van der Waals surface area (Å²) in [5.41, 5.74) is 12.2. The van der Waals surface area contributed by atoms with Crippen LogP contribution in [-0.2, 0) is 0 Å². The van der Waals surface area contributed by atoms with E-state index in [-0.39, 0.29) is 0 Å². The highest BCUT2D eigenvalue weighted by atomic mass is 32.1. The molecule has 0 amide bonds. The highest BCUT2D eigenvalue weighted by Gasteiger charge is 2.21. The van der Waals surface area contributed by atoms with Gasteiger partial charge in [-0.05, 0) is 93.2 Å². The summed E-state index contributed by atoms with van der Waals surface area (Å²) in [6.07, 6.45) is 0. The van der Waals surface area contributed by atoms with Gasteiger partial charge in [-0.15, -0.1) is 11.3 Å². The van der Waals surface area contributed by atoms with Crippen LogP contribution in [0, 0.1) is 0 Å². The molecule has 0 unspecified atom stereocenters. The first kappa shape index (κ1) is 31.6. The third-order valence-electron chi connectivity index (χ3n) is 10.9. The second kappa shape index (κ2) is 12.9. The molecular formula is C52H33NOS. The minimum atomic E-state index is 0.869. The van der Waals surface area contributed by atoms with Gasteiger partial charge < -0.3 is 9.32 Å². The average molecular weight is 720 g/mol. The molecule has 55 heavy (non-hydrogen) atoms. The van der Waals surface area contributed by atoms with Crippen molar-refractivity contribution in [3.05, 3.63) is 200 Å². The standard InChI is InChI=1S/C52H33NOS/c1-2-16-40-35(12-1)13-10-20-41(40)37-15-9-14-36(32-37)34-26-28-38(29-27-34)53(39-30-31-44-43-18-4-7-23-48(43)54-49(44)33-39)47-22-6-3-17-42(47)45-21-11-25-51-52(45)46-19-5-8-24-50(46)55-51/h1-33H. The molecule has 2 aromatic heterocycles. The van der Waals surface area contributed by atoms with Crippen LogP contribution in [0.1, 0.15) is 0 Å². The number of para-hydroxylation sites is 2. The molecule has 0 saturated heterocycles. The van der Waals surface area contributed by atoms with Gasteiger partial charge in [0.25, 0.3) is 0 Å². The third kappa shape index (κ3) is 5.32. The fraction of sp³-hybridized carbons (Fsp3) is 0. The number of fused-ring (bicyclic) bond motifs is 7. The predicted molar refractivity (Wildman–Crippen MR) is 235 cm³/mol. The fourth-order valence-electron chi connectivity index (χ4n) is 8.32. The van der Waals surface area contributed by atoms with Gasteiger partial charge in [0.15, 0.2) is 0 Å². The van der Waals surface area contributed by atoms with Crippen molar-refractivity contribution in [3.8, 4) is 33.4 Å². The number of hydrogen-bond acceptors (Lipinski definition) is 3. The molecule has 0 radical (unpaired) electrons. The Morgan fingerprint density at radius 2 is 1.00 bits per heavy atom. The molecule has 0 aliphatic carbocycles. The first-order chi connectivity index (χ1) is 27.3. The lowest BCUT2D eigenvalue weighted by molar-refractivity contribution is 0.669. The van der Waals surface area contributed by atoms with E-state index in [0.717, 1.165) is 39.0 Å². The summed E-state index contributed by atoms with van der Waals surface area (Å²) in [5.74, 6) is 0. The van der Waals surface area contributed by atoms with Crippen LogP contribution in [-0.4, -0.2) is 0 Å². The van der Waals surface area contributed by atoms with Crippen molar-refractivity contribution in [2.75, 3.05) is 4.90 Å². The number of nitrogens with zero attached hydrogens (tertiary/aromatic N) is 1. The zero-order valence-corrected chi connectivity index (χ0v) is 30.6. The summed E-state index contributed by atoms with van der Waals surface area (Å²) < 4.78 is 9.04. The number of anilines is 3. The number of benzene rings is 9. The van der Waals surface area contributed by atoms with E-state index in [2.05, 4.69) is 193 Å². The van der Waals surface area contributed by atoms with Gasteiger partial charge in [-0.1, -0.05) is 140 Å². The SMILES string of the molecule is c1cc(-c2ccc(N(c3ccc4c(c3)oc3ccccc34)c3ccccc3-c3cccc4sc5ccccc5c34)cc2)cc(-c2cccc3ccccc23)c1. The summed E-state index contributed by atoms with van der Waals surface area (Å²) in [4.78, 5) is 2.38. The van der Waals surface area contributed by atoms with Crippen LogP contribution in [0.5, 0.6) is 0 Å². The van der Waals surface area contributed by atoms with Crippen molar-refractivity contribution in [2.24, 2.45) is 0 Å². The maximum atomic E-state index is 6.45. The molecule has 0 N–H and O–H groups in total. The summed E-state index contributed by atoms with van der Waals surface area (Å²) in [7, 11) is 0. The second-order valence-electron chi connectivity index (χ2n) is 14.1. The molecule has 2 heterocycles. The van der Waals surface area contributed by atoms with Gasteiger partial charge in [-0.3, -0.25) is 0 Å². The Balaban J connectivity index is 1.07. The molecule has 0 saturated carbocycles. The van der Waals surface area contributed by atoms with Crippen molar-refractivity contribution in [3.63, 3.8) is 0 Å². The Kier molecular flexibility index (Phi) is 7.39. The molecule has 3 heteroatoms. The van der Waals surface area contributed by atoms with E-state index in [1.54, 1.807) is 0 Å². The molecule has 0 spiro atoms. The molecular weight excluding hydrogens is 687 g/mol. The van der Waals surface area contributed by atoms with E-state index in [0.29, 0.717) is 0 Å². The van der Waals surface area contributed by atoms with E-state index >= 15 is 0 Å². The normalized spacial score (nSPS) is 11.6. The highest BCUT2D eigenvalue weighted by molar-refractivity contribution is 7.25. The van der Waals surface area contributed by atoms with Crippen molar-refractivity contribution in [1.82, 2.24) is 0 Å². The summed E-state index contributed by atoms with van der Waals surface area (Å²) in [5, 5.41) is 7.34.